The highest BCUT2D eigenvalue weighted by molar-refractivity contribution is 5.96. The average Bonchev–Trinajstić information content (AvgIpc) is 2.96. The van der Waals surface area contributed by atoms with E-state index in [1.165, 1.54) is 9.58 Å². The molecule has 8 heteroatoms. The molecule has 0 bridgehead atoms. The molecule has 1 aliphatic heterocycles. The lowest BCUT2D eigenvalue weighted by Gasteiger charge is -2.14. The second-order valence-corrected chi connectivity index (χ2v) is 5.49. The lowest BCUT2D eigenvalue weighted by Crippen LogP contribution is -2.35. The smallest absolute Gasteiger partial charge is 0.358 e. The van der Waals surface area contributed by atoms with Gasteiger partial charge in [-0.15, -0.1) is 5.10 Å². The molecule has 2 heterocycles. The number of carboxylic acid groups (broad SMARTS) is 1. The van der Waals surface area contributed by atoms with Gasteiger partial charge in [-0.2, -0.15) is 0 Å². The van der Waals surface area contributed by atoms with Crippen LogP contribution in [0.4, 0.5) is 0 Å². The van der Waals surface area contributed by atoms with Gasteiger partial charge in [-0.3, -0.25) is 14.5 Å². The summed E-state index contributed by atoms with van der Waals surface area (Å²) in [6, 6.07) is 0. The second-order valence-electron chi connectivity index (χ2n) is 5.49. The molecule has 1 aliphatic rings. The van der Waals surface area contributed by atoms with Crippen LogP contribution in [0.2, 0.25) is 0 Å². The molecule has 2 amide bonds. The number of likely N-dealkylation sites (tertiary alicyclic amines) is 1. The fourth-order valence-electron chi connectivity index (χ4n) is 2.34. The van der Waals surface area contributed by atoms with E-state index >= 15 is 0 Å². The zero-order valence-corrected chi connectivity index (χ0v) is 12.1. The van der Waals surface area contributed by atoms with Gasteiger partial charge in [-0.05, 0) is 18.8 Å². The molecule has 0 atom stereocenters. The Balaban J connectivity index is 2.21. The van der Waals surface area contributed by atoms with Crippen LogP contribution in [0.25, 0.3) is 0 Å². The minimum atomic E-state index is -1.17. The molecular weight excluding hydrogens is 276 g/mol. The van der Waals surface area contributed by atoms with Gasteiger partial charge in [0.15, 0.2) is 5.69 Å². The fourth-order valence-corrected chi connectivity index (χ4v) is 2.34. The maximum Gasteiger partial charge on any atom is 0.358 e. The summed E-state index contributed by atoms with van der Waals surface area (Å²) in [7, 11) is 0. The van der Waals surface area contributed by atoms with E-state index in [0.717, 1.165) is 0 Å². The van der Waals surface area contributed by atoms with Crippen LogP contribution in [0.3, 0.4) is 0 Å². The standard InChI is InChI=1S/C13H18N4O4/c1-8(2)6-9-12(13(20)21)14-15-17(9)7-11(19)16-5-3-4-10(16)18/h8H,3-7H2,1-2H3,(H,20,21). The summed E-state index contributed by atoms with van der Waals surface area (Å²) in [6.45, 7) is 4.13. The first-order chi connectivity index (χ1) is 9.90. The first-order valence-electron chi connectivity index (χ1n) is 6.89. The third-order valence-corrected chi connectivity index (χ3v) is 3.30. The van der Waals surface area contributed by atoms with Crippen molar-refractivity contribution in [2.45, 2.75) is 39.7 Å². The van der Waals surface area contributed by atoms with E-state index in [9.17, 15) is 14.4 Å². The number of hydrogen-bond acceptors (Lipinski definition) is 5. The molecule has 0 unspecified atom stereocenters. The molecule has 0 spiro atoms. The highest BCUT2D eigenvalue weighted by atomic mass is 16.4. The Morgan fingerprint density at radius 2 is 2.10 bits per heavy atom. The van der Waals surface area contributed by atoms with Crippen LogP contribution in [0.1, 0.15) is 42.9 Å². The molecule has 0 aliphatic carbocycles. The third kappa shape index (κ3) is 3.26. The Morgan fingerprint density at radius 1 is 1.38 bits per heavy atom. The Hall–Kier alpha value is -2.25. The maximum absolute atomic E-state index is 12.1. The van der Waals surface area contributed by atoms with Gasteiger partial charge in [-0.1, -0.05) is 19.1 Å². The Bertz CT molecular complexity index is 579. The van der Waals surface area contributed by atoms with Crippen molar-refractivity contribution in [2.24, 2.45) is 5.92 Å². The fraction of sp³-hybridized carbons (Fsp3) is 0.615. The van der Waals surface area contributed by atoms with Crippen molar-refractivity contribution in [1.29, 1.82) is 0 Å². The molecule has 1 fully saturated rings. The van der Waals surface area contributed by atoms with E-state index in [4.69, 9.17) is 5.11 Å². The van der Waals surface area contributed by atoms with Crippen molar-refractivity contribution >= 4 is 17.8 Å². The first-order valence-corrected chi connectivity index (χ1v) is 6.89. The molecule has 0 radical (unpaired) electrons. The minimum absolute atomic E-state index is 0.135. The molecule has 1 N–H and O–H groups in total. The number of hydrogen-bond donors (Lipinski definition) is 1. The van der Waals surface area contributed by atoms with Crippen LogP contribution < -0.4 is 0 Å². The van der Waals surface area contributed by atoms with Crippen molar-refractivity contribution < 1.29 is 19.5 Å². The number of carboxylic acids is 1. The molecule has 1 saturated heterocycles. The van der Waals surface area contributed by atoms with Gasteiger partial charge >= 0.3 is 5.97 Å². The zero-order valence-electron chi connectivity index (χ0n) is 12.1. The number of carbonyl (C=O) groups excluding carboxylic acids is 2. The van der Waals surface area contributed by atoms with Gasteiger partial charge in [0.2, 0.25) is 5.91 Å². The molecular formula is C13H18N4O4. The van der Waals surface area contributed by atoms with Gasteiger partial charge in [0, 0.05) is 13.0 Å². The first kappa shape index (κ1) is 15.1. The van der Waals surface area contributed by atoms with Crippen LogP contribution in [0.15, 0.2) is 0 Å². The Labute approximate surface area is 121 Å². The van der Waals surface area contributed by atoms with E-state index < -0.39 is 5.97 Å². The lowest BCUT2D eigenvalue weighted by molar-refractivity contribution is -0.142. The van der Waals surface area contributed by atoms with E-state index in [1.807, 2.05) is 13.8 Å². The largest absolute Gasteiger partial charge is 0.476 e. The quantitative estimate of drug-likeness (QED) is 0.838. The topological polar surface area (TPSA) is 105 Å². The number of imide groups is 1. The van der Waals surface area contributed by atoms with Crippen molar-refractivity contribution in [1.82, 2.24) is 19.9 Å². The van der Waals surface area contributed by atoms with Gasteiger partial charge in [-0.25, -0.2) is 9.48 Å². The molecule has 114 valence electrons. The monoisotopic (exact) mass is 294 g/mol. The Morgan fingerprint density at radius 3 is 2.62 bits per heavy atom. The van der Waals surface area contributed by atoms with Gasteiger partial charge in [0.05, 0.1) is 5.69 Å². The van der Waals surface area contributed by atoms with Crippen molar-refractivity contribution in [2.75, 3.05) is 6.54 Å². The van der Waals surface area contributed by atoms with E-state index in [1.54, 1.807) is 0 Å². The molecule has 0 aromatic carbocycles. The van der Waals surface area contributed by atoms with Crippen molar-refractivity contribution in [3.63, 3.8) is 0 Å². The maximum atomic E-state index is 12.1. The summed E-state index contributed by atoms with van der Waals surface area (Å²) in [4.78, 5) is 36.0. The summed E-state index contributed by atoms with van der Waals surface area (Å²) < 4.78 is 1.29. The predicted molar refractivity (Wildman–Crippen MR) is 71.5 cm³/mol. The normalized spacial score (nSPS) is 15.0. The number of aromatic nitrogens is 3. The number of aromatic carboxylic acids is 1. The summed E-state index contributed by atoms with van der Waals surface area (Å²) >= 11 is 0. The molecule has 21 heavy (non-hydrogen) atoms. The summed E-state index contributed by atoms with van der Waals surface area (Å²) in [5, 5.41) is 16.5. The van der Waals surface area contributed by atoms with Gasteiger partial charge in [0.25, 0.3) is 5.91 Å². The number of nitrogens with zero attached hydrogens (tertiary/aromatic N) is 4. The molecule has 2 rings (SSSR count). The number of rotatable bonds is 5. The number of amides is 2. The predicted octanol–water partition coefficient (Wildman–Crippen LogP) is 0.324. The average molecular weight is 294 g/mol. The molecule has 8 nitrogen and oxygen atoms in total. The second kappa shape index (κ2) is 6.02. The Kier molecular flexibility index (Phi) is 4.35. The highest BCUT2D eigenvalue weighted by Gasteiger charge is 2.28. The van der Waals surface area contributed by atoms with Crippen LogP contribution >= 0.6 is 0 Å². The lowest BCUT2D eigenvalue weighted by atomic mass is 10.1. The van der Waals surface area contributed by atoms with Crippen molar-refractivity contribution in [3.8, 4) is 0 Å². The number of carbonyl (C=O) groups is 3. The molecule has 1 aromatic heterocycles. The van der Waals surface area contributed by atoms with Crippen LogP contribution in [-0.2, 0) is 22.6 Å². The summed E-state index contributed by atoms with van der Waals surface area (Å²) in [6.07, 6.45) is 1.50. The zero-order chi connectivity index (χ0) is 15.6. The van der Waals surface area contributed by atoms with E-state index in [-0.39, 0.29) is 30.0 Å². The minimum Gasteiger partial charge on any atom is -0.476 e. The van der Waals surface area contributed by atoms with Crippen LogP contribution in [0.5, 0.6) is 0 Å². The molecule has 1 aromatic rings. The summed E-state index contributed by atoms with van der Waals surface area (Å²) in [5.74, 6) is -1.53. The highest BCUT2D eigenvalue weighted by Crippen LogP contribution is 2.14. The van der Waals surface area contributed by atoms with Crippen LogP contribution in [0, 0.1) is 5.92 Å². The summed E-state index contributed by atoms with van der Waals surface area (Å²) in [5.41, 5.74) is 0.279. The SMILES string of the molecule is CC(C)Cc1c(C(=O)O)nnn1CC(=O)N1CCCC1=O. The van der Waals surface area contributed by atoms with Crippen LogP contribution in [-0.4, -0.2) is 49.3 Å². The molecule has 0 saturated carbocycles. The van der Waals surface area contributed by atoms with E-state index in [0.29, 0.717) is 31.5 Å². The van der Waals surface area contributed by atoms with Crippen molar-refractivity contribution in [3.05, 3.63) is 11.4 Å². The van der Waals surface area contributed by atoms with Gasteiger partial charge in [0.1, 0.15) is 6.54 Å². The van der Waals surface area contributed by atoms with E-state index in [2.05, 4.69) is 10.3 Å². The third-order valence-electron chi connectivity index (χ3n) is 3.30. The van der Waals surface area contributed by atoms with Gasteiger partial charge < -0.3 is 5.11 Å².